The van der Waals surface area contributed by atoms with Crippen molar-refractivity contribution in [2.75, 3.05) is 6.54 Å². The van der Waals surface area contributed by atoms with E-state index < -0.39 is 0 Å². The van der Waals surface area contributed by atoms with Crippen LogP contribution in [0, 0.1) is 6.92 Å². The molecule has 0 aliphatic rings. The van der Waals surface area contributed by atoms with Crippen molar-refractivity contribution < 1.29 is 0 Å². The third kappa shape index (κ3) is 2.01. The van der Waals surface area contributed by atoms with Gasteiger partial charge >= 0.3 is 5.69 Å². The molecule has 0 saturated heterocycles. The molecule has 5 heteroatoms. The first-order valence-electron chi connectivity index (χ1n) is 5.57. The first-order chi connectivity index (χ1) is 8.15. The molecule has 2 rings (SSSR count). The quantitative estimate of drug-likeness (QED) is 0.802. The molecular formula is C12H15N3O2. The first-order valence-corrected chi connectivity index (χ1v) is 5.57. The molecule has 3 N–H and O–H groups in total. The van der Waals surface area contributed by atoms with Gasteiger partial charge in [0, 0.05) is 6.54 Å². The standard InChI is InChI=1S/C12H15N3O2/c1-8-4-2-5-9-10(8)14-12(17)15(11(9)16)7-3-6-13/h2,4-5H,3,6-7,13H2,1H3,(H,14,17). The van der Waals surface area contributed by atoms with E-state index in [-0.39, 0.29) is 11.2 Å². The van der Waals surface area contributed by atoms with E-state index in [1.807, 2.05) is 19.1 Å². The molecule has 0 radical (unpaired) electrons. The Morgan fingerprint density at radius 3 is 2.82 bits per heavy atom. The Bertz CT molecular complexity index is 655. The molecular weight excluding hydrogens is 218 g/mol. The second-order valence-corrected chi connectivity index (χ2v) is 4.03. The third-order valence-electron chi connectivity index (χ3n) is 2.81. The number of aryl methyl sites for hydroxylation is 1. The van der Waals surface area contributed by atoms with Crippen LogP contribution in [-0.4, -0.2) is 16.1 Å². The molecule has 17 heavy (non-hydrogen) atoms. The number of aromatic amines is 1. The molecule has 2 aromatic rings. The molecule has 1 aromatic carbocycles. The van der Waals surface area contributed by atoms with E-state index in [4.69, 9.17) is 5.73 Å². The Kier molecular flexibility index (Phi) is 3.10. The van der Waals surface area contributed by atoms with Gasteiger partial charge in [-0.3, -0.25) is 9.36 Å². The van der Waals surface area contributed by atoms with Crippen LogP contribution in [0.5, 0.6) is 0 Å². The molecule has 0 fully saturated rings. The van der Waals surface area contributed by atoms with Crippen LogP contribution >= 0.6 is 0 Å². The van der Waals surface area contributed by atoms with Crippen LogP contribution in [-0.2, 0) is 6.54 Å². The van der Waals surface area contributed by atoms with Gasteiger partial charge < -0.3 is 10.7 Å². The van der Waals surface area contributed by atoms with E-state index in [0.29, 0.717) is 30.4 Å². The molecule has 1 heterocycles. The number of nitrogens with two attached hydrogens (primary N) is 1. The van der Waals surface area contributed by atoms with Crippen molar-refractivity contribution >= 4 is 10.9 Å². The highest BCUT2D eigenvalue weighted by Crippen LogP contribution is 2.09. The third-order valence-corrected chi connectivity index (χ3v) is 2.81. The molecule has 0 aliphatic heterocycles. The summed E-state index contributed by atoms with van der Waals surface area (Å²) in [6.07, 6.45) is 0.611. The average molecular weight is 233 g/mol. The fraction of sp³-hybridized carbons (Fsp3) is 0.333. The van der Waals surface area contributed by atoms with Crippen LogP contribution in [0.3, 0.4) is 0 Å². The first kappa shape index (κ1) is 11.6. The molecule has 0 unspecified atom stereocenters. The highest BCUT2D eigenvalue weighted by atomic mass is 16.2. The molecule has 5 nitrogen and oxygen atoms in total. The smallest absolute Gasteiger partial charge is 0.328 e. The fourth-order valence-corrected chi connectivity index (χ4v) is 1.88. The van der Waals surface area contributed by atoms with Gasteiger partial charge in [-0.1, -0.05) is 12.1 Å². The predicted octanol–water partition coefficient (Wildman–Crippen LogP) is 0.347. The van der Waals surface area contributed by atoms with Crippen molar-refractivity contribution in [2.45, 2.75) is 19.9 Å². The fourth-order valence-electron chi connectivity index (χ4n) is 1.88. The monoisotopic (exact) mass is 233 g/mol. The summed E-state index contributed by atoms with van der Waals surface area (Å²) in [5.74, 6) is 0. The number of hydrogen-bond acceptors (Lipinski definition) is 3. The minimum atomic E-state index is -0.370. The zero-order chi connectivity index (χ0) is 12.4. The van der Waals surface area contributed by atoms with Gasteiger partial charge in [-0.15, -0.1) is 0 Å². The summed E-state index contributed by atoms with van der Waals surface area (Å²) in [6, 6.07) is 5.39. The lowest BCUT2D eigenvalue weighted by atomic mass is 10.1. The molecule has 0 amide bonds. The van der Waals surface area contributed by atoms with Crippen molar-refractivity contribution in [1.29, 1.82) is 0 Å². The van der Waals surface area contributed by atoms with Gasteiger partial charge in [0.1, 0.15) is 0 Å². The van der Waals surface area contributed by atoms with Crippen LogP contribution in [0.1, 0.15) is 12.0 Å². The van der Waals surface area contributed by atoms with Gasteiger partial charge in [0.05, 0.1) is 10.9 Å². The van der Waals surface area contributed by atoms with E-state index in [1.54, 1.807) is 6.07 Å². The minimum Gasteiger partial charge on any atom is -0.330 e. The predicted molar refractivity (Wildman–Crippen MR) is 67.2 cm³/mol. The molecule has 90 valence electrons. The van der Waals surface area contributed by atoms with Gasteiger partial charge in [0.2, 0.25) is 0 Å². The van der Waals surface area contributed by atoms with E-state index in [1.165, 1.54) is 4.57 Å². The van der Waals surface area contributed by atoms with Gasteiger partial charge in [-0.2, -0.15) is 0 Å². The van der Waals surface area contributed by atoms with Crippen molar-refractivity contribution in [1.82, 2.24) is 9.55 Å². The SMILES string of the molecule is Cc1cccc2c(=O)n(CCCN)c(=O)[nH]c12. The molecule has 1 aromatic heterocycles. The van der Waals surface area contributed by atoms with Crippen molar-refractivity contribution in [2.24, 2.45) is 5.73 Å². The van der Waals surface area contributed by atoms with Crippen LogP contribution in [0.15, 0.2) is 27.8 Å². The van der Waals surface area contributed by atoms with E-state index >= 15 is 0 Å². The van der Waals surface area contributed by atoms with Gasteiger partial charge in [-0.05, 0) is 31.5 Å². The van der Waals surface area contributed by atoms with Gasteiger partial charge in [0.15, 0.2) is 0 Å². The Balaban J connectivity index is 2.73. The summed E-state index contributed by atoms with van der Waals surface area (Å²) in [4.78, 5) is 26.6. The topological polar surface area (TPSA) is 80.9 Å². The maximum absolute atomic E-state index is 12.1. The largest absolute Gasteiger partial charge is 0.330 e. The molecule has 0 atom stereocenters. The summed E-state index contributed by atoms with van der Waals surface area (Å²) >= 11 is 0. The normalized spacial score (nSPS) is 10.9. The number of hydrogen-bond donors (Lipinski definition) is 2. The number of benzene rings is 1. The summed E-state index contributed by atoms with van der Waals surface area (Å²) in [5.41, 5.74) is 6.27. The lowest BCUT2D eigenvalue weighted by Gasteiger charge is -2.06. The number of fused-ring (bicyclic) bond motifs is 1. The summed E-state index contributed by atoms with van der Waals surface area (Å²) < 4.78 is 1.20. The summed E-state index contributed by atoms with van der Waals surface area (Å²) in [7, 11) is 0. The van der Waals surface area contributed by atoms with E-state index in [9.17, 15) is 9.59 Å². The number of aromatic nitrogens is 2. The van der Waals surface area contributed by atoms with Crippen molar-refractivity contribution in [3.63, 3.8) is 0 Å². The Hall–Kier alpha value is -1.88. The Morgan fingerprint density at radius 2 is 2.12 bits per heavy atom. The molecule has 0 saturated carbocycles. The zero-order valence-corrected chi connectivity index (χ0v) is 9.69. The minimum absolute atomic E-state index is 0.249. The van der Waals surface area contributed by atoms with Crippen molar-refractivity contribution in [3.05, 3.63) is 44.6 Å². The highest BCUT2D eigenvalue weighted by molar-refractivity contribution is 5.80. The zero-order valence-electron chi connectivity index (χ0n) is 9.69. The number of rotatable bonds is 3. The van der Waals surface area contributed by atoms with Gasteiger partial charge in [-0.25, -0.2) is 4.79 Å². The van der Waals surface area contributed by atoms with Crippen LogP contribution in [0.4, 0.5) is 0 Å². The lowest BCUT2D eigenvalue weighted by molar-refractivity contribution is 0.603. The number of H-pyrrole nitrogens is 1. The Morgan fingerprint density at radius 1 is 1.35 bits per heavy atom. The van der Waals surface area contributed by atoms with E-state index in [2.05, 4.69) is 4.98 Å². The molecule has 0 spiro atoms. The second-order valence-electron chi connectivity index (χ2n) is 4.03. The molecule has 0 aliphatic carbocycles. The maximum atomic E-state index is 12.1. The second kappa shape index (κ2) is 4.55. The summed E-state index contributed by atoms with van der Waals surface area (Å²) in [5, 5.41) is 0.543. The Labute approximate surface area is 97.9 Å². The average Bonchev–Trinajstić information content (AvgIpc) is 2.31. The van der Waals surface area contributed by atoms with Crippen LogP contribution in [0.25, 0.3) is 10.9 Å². The van der Waals surface area contributed by atoms with Crippen LogP contribution < -0.4 is 17.0 Å². The highest BCUT2D eigenvalue weighted by Gasteiger charge is 2.07. The van der Waals surface area contributed by atoms with Crippen LogP contribution in [0.2, 0.25) is 0 Å². The summed E-state index contributed by atoms with van der Waals surface area (Å²) in [6.45, 7) is 2.67. The number of nitrogens with one attached hydrogen (secondary N) is 1. The van der Waals surface area contributed by atoms with Crippen molar-refractivity contribution in [3.8, 4) is 0 Å². The lowest BCUT2D eigenvalue weighted by Crippen LogP contribution is -2.35. The van der Waals surface area contributed by atoms with E-state index in [0.717, 1.165) is 5.56 Å². The number of para-hydroxylation sites is 1. The molecule has 0 bridgehead atoms. The maximum Gasteiger partial charge on any atom is 0.328 e. The van der Waals surface area contributed by atoms with Gasteiger partial charge in [0.25, 0.3) is 5.56 Å². The number of nitrogens with zero attached hydrogens (tertiary/aromatic N) is 1.